The highest BCUT2D eigenvalue weighted by molar-refractivity contribution is 7.99. The van der Waals surface area contributed by atoms with Gasteiger partial charge in [0.05, 0.1) is 23.1 Å². The predicted octanol–water partition coefficient (Wildman–Crippen LogP) is 3.58. The van der Waals surface area contributed by atoms with Crippen molar-refractivity contribution in [3.8, 4) is 0 Å². The van der Waals surface area contributed by atoms with Gasteiger partial charge in [-0.25, -0.2) is 14.6 Å². The van der Waals surface area contributed by atoms with Gasteiger partial charge >= 0.3 is 0 Å². The maximum absolute atomic E-state index is 12.5. The highest BCUT2D eigenvalue weighted by Gasteiger charge is 2.21. The first-order valence-corrected chi connectivity index (χ1v) is 12.1. The third kappa shape index (κ3) is 5.08. The second-order valence-electron chi connectivity index (χ2n) is 7.99. The molecule has 174 valence electrons. The molecule has 1 amide bonds. The number of aromatic nitrogens is 4. The molecule has 0 atom stereocenters. The Bertz CT molecular complexity index is 1170. The van der Waals surface area contributed by atoms with Crippen molar-refractivity contribution in [1.29, 1.82) is 0 Å². The third-order valence-corrected chi connectivity index (χ3v) is 6.63. The smallest absolute Gasteiger partial charge is 0.273 e. The Balaban J connectivity index is 1.50. The molecule has 0 radical (unpaired) electrons. The monoisotopic (exact) mass is 469 g/mol. The van der Waals surface area contributed by atoms with Gasteiger partial charge < -0.3 is 10.2 Å². The molecule has 11 heteroatoms. The number of thioether (sulfide) groups is 1. The van der Waals surface area contributed by atoms with Gasteiger partial charge in [-0.2, -0.15) is 5.10 Å². The van der Waals surface area contributed by atoms with Crippen LogP contribution in [0.2, 0.25) is 0 Å². The van der Waals surface area contributed by atoms with Crippen molar-refractivity contribution in [1.82, 2.24) is 25.1 Å². The van der Waals surface area contributed by atoms with E-state index in [4.69, 9.17) is 9.97 Å². The minimum absolute atomic E-state index is 0.0658. The van der Waals surface area contributed by atoms with E-state index in [1.807, 2.05) is 0 Å². The average Bonchev–Trinajstić information content (AvgIpc) is 3.48. The zero-order chi connectivity index (χ0) is 23.4. The van der Waals surface area contributed by atoms with E-state index >= 15 is 0 Å². The fraction of sp³-hybridized carbons (Fsp3) is 0.455. The topological polar surface area (TPSA) is 119 Å². The predicted molar refractivity (Wildman–Crippen MR) is 128 cm³/mol. The Kier molecular flexibility index (Phi) is 7.07. The van der Waals surface area contributed by atoms with Gasteiger partial charge in [0.25, 0.3) is 11.6 Å². The summed E-state index contributed by atoms with van der Waals surface area (Å²) in [6.45, 7) is 6.48. The van der Waals surface area contributed by atoms with Gasteiger partial charge in [-0.1, -0.05) is 24.8 Å². The number of rotatable bonds is 9. The van der Waals surface area contributed by atoms with Gasteiger partial charge in [-0.15, -0.1) is 0 Å². The first-order valence-electron chi connectivity index (χ1n) is 11.1. The molecule has 0 saturated carbocycles. The van der Waals surface area contributed by atoms with Crippen LogP contribution in [0, 0.1) is 17.0 Å². The van der Waals surface area contributed by atoms with Gasteiger partial charge in [0, 0.05) is 42.6 Å². The van der Waals surface area contributed by atoms with E-state index in [1.165, 1.54) is 6.07 Å². The standard InChI is InChI=1S/C22H27N7O3S/c1-3-12-33-22-25-19(27-9-4-5-10-27)17-14-24-28(20(17)26-22)11-8-23-21(30)16-7-6-15(2)18(13-16)29(31)32/h6-7,13-14H,3-5,8-12H2,1-2H3,(H,23,30). The van der Waals surface area contributed by atoms with E-state index in [0.717, 1.165) is 60.1 Å². The van der Waals surface area contributed by atoms with E-state index in [-0.39, 0.29) is 17.2 Å². The van der Waals surface area contributed by atoms with Crippen LogP contribution in [0.1, 0.15) is 42.1 Å². The number of nitrogens with zero attached hydrogens (tertiary/aromatic N) is 6. The zero-order valence-electron chi connectivity index (χ0n) is 18.8. The number of benzene rings is 1. The van der Waals surface area contributed by atoms with Gasteiger partial charge in [0.15, 0.2) is 10.8 Å². The molecule has 3 aromatic rings. The molecular weight excluding hydrogens is 442 g/mol. The fourth-order valence-corrected chi connectivity index (χ4v) is 4.53. The van der Waals surface area contributed by atoms with Crippen molar-refractivity contribution < 1.29 is 9.72 Å². The second kappa shape index (κ2) is 10.2. The Hall–Kier alpha value is -3.21. The number of carbonyl (C=O) groups is 1. The number of anilines is 1. The Morgan fingerprint density at radius 3 is 2.79 bits per heavy atom. The molecule has 1 fully saturated rings. The summed E-state index contributed by atoms with van der Waals surface area (Å²) in [4.78, 5) is 35.0. The third-order valence-electron chi connectivity index (χ3n) is 5.57. The van der Waals surface area contributed by atoms with Crippen molar-refractivity contribution in [2.75, 3.05) is 30.3 Å². The molecule has 0 unspecified atom stereocenters. The number of hydrogen-bond donors (Lipinski definition) is 1. The molecule has 33 heavy (non-hydrogen) atoms. The van der Waals surface area contributed by atoms with E-state index in [0.29, 0.717) is 18.7 Å². The van der Waals surface area contributed by atoms with Crippen LogP contribution in [-0.4, -0.2) is 56.0 Å². The first-order chi connectivity index (χ1) is 16.0. The number of nitrogens with one attached hydrogen (secondary N) is 1. The van der Waals surface area contributed by atoms with E-state index in [2.05, 4.69) is 22.2 Å². The lowest BCUT2D eigenvalue weighted by molar-refractivity contribution is -0.385. The van der Waals surface area contributed by atoms with Crippen LogP contribution in [0.4, 0.5) is 11.5 Å². The Labute approximate surface area is 195 Å². The van der Waals surface area contributed by atoms with Crippen LogP contribution < -0.4 is 10.2 Å². The highest BCUT2D eigenvalue weighted by atomic mass is 32.2. The minimum Gasteiger partial charge on any atom is -0.356 e. The van der Waals surface area contributed by atoms with Crippen molar-refractivity contribution in [2.24, 2.45) is 0 Å². The maximum Gasteiger partial charge on any atom is 0.273 e. The highest BCUT2D eigenvalue weighted by Crippen LogP contribution is 2.29. The molecule has 1 aliphatic heterocycles. The molecule has 0 spiro atoms. The van der Waals surface area contributed by atoms with E-state index < -0.39 is 4.92 Å². The van der Waals surface area contributed by atoms with Crippen LogP contribution >= 0.6 is 11.8 Å². The van der Waals surface area contributed by atoms with Crippen LogP contribution in [0.5, 0.6) is 0 Å². The number of amides is 1. The summed E-state index contributed by atoms with van der Waals surface area (Å²) in [5.41, 5.74) is 1.47. The molecule has 1 N–H and O–H groups in total. The van der Waals surface area contributed by atoms with Gasteiger partial charge in [0.1, 0.15) is 5.82 Å². The van der Waals surface area contributed by atoms with Crippen molar-refractivity contribution in [2.45, 2.75) is 44.8 Å². The summed E-state index contributed by atoms with van der Waals surface area (Å²) in [5, 5.41) is 20.1. The molecule has 1 aliphatic rings. The molecule has 2 aromatic heterocycles. The summed E-state index contributed by atoms with van der Waals surface area (Å²) < 4.78 is 1.78. The zero-order valence-corrected chi connectivity index (χ0v) is 19.6. The molecule has 10 nitrogen and oxygen atoms in total. The number of nitro groups is 1. The SMILES string of the molecule is CCCSc1nc(N2CCCC2)c2cnn(CCNC(=O)c3ccc(C)c([N+](=O)[O-])c3)c2n1. The number of aryl methyl sites for hydroxylation is 1. The summed E-state index contributed by atoms with van der Waals surface area (Å²) in [5.74, 6) is 1.51. The fourth-order valence-electron chi connectivity index (χ4n) is 3.84. The molecular formula is C22H27N7O3S. The lowest BCUT2D eigenvalue weighted by Gasteiger charge is -2.18. The number of carbonyl (C=O) groups excluding carboxylic acids is 1. The van der Waals surface area contributed by atoms with Crippen molar-refractivity contribution >= 4 is 40.2 Å². The summed E-state index contributed by atoms with van der Waals surface area (Å²) in [6, 6.07) is 4.48. The summed E-state index contributed by atoms with van der Waals surface area (Å²) in [6.07, 6.45) is 5.14. The van der Waals surface area contributed by atoms with Crippen LogP contribution in [0.15, 0.2) is 29.6 Å². The molecule has 0 bridgehead atoms. The number of hydrogen-bond acceptors (Lipinski definition) is 8. The van der Waals surface area contributed by atoms with Gasteiger partial charge in [0.2, 0.25) is 0 Å². The molecule has 4 rings (SSSR count). The van der Waals surface area contributed by atoms with Crippen molar-refractivity contribution in [3.05, 3.63) is 45.6 Å². The minimum atomic E-state index is -0.478. The van der Waals surface area contributed by atoms with Crippen LogP contribution in [0.3, 0.4) is 0 Å². The normalized spacial score (nSPS) is 13.6. The van der Waals surface area contributed by atoms with E-state index in [1.54, 1.807) is 41.7 Å². The largest absolute Gasteiger partial charge is 0.356 e. The summed E-state index contributed by atoms with van der Waals surface area (Å²) in [7, 11) is 0. The Morgan fingerprint density at radius 2 is 2.06 bits per heavy atom. The van der Waals surface area contributed by atoms with Crippen LogP contribution in [0.25, 0.3) is 11.0 Å². The first kappa shape index (κ1) is 23.0. The Morgan fingerprint density at radius 1 is 1.27 bits per heavy atom. The second-order valence-corrected chi connectivity index (χ2v) is 9.05. The maximum atomic E-state index is 12.5. The van der Waals surface area contributed by atoms with Crippen LogP contribution in [-0.2, 0) is 6.54 Å². The number of nitro benzene ring substituents is 1. The lowest BCUT2D eigenvalue weighted by Crippen LogP contribution is -2.27. The van der Waals surface area contributed by atoms with Crippen molar-refractivity contribution in [3.63, 3.8) is 0 Å². The van der Waals surface area contributed by atoms with Gasteiger partial charge in [-0.05, 0) is 32.3 Å². The van der Waals surface area contributed by atoms with Gasteiger partial charge in [-0.3, -0.25) is 14.9 Å². The van der Waals surface area contributed by atoms with E-state index in [9.17, 15) is 14.9 Å². The molecule has 3 heterocycles. The number of fused-ring (bicyclic) bond motifs is 1. The molecule has 1 aromatic carbocycles. The average molecular weight is 470 g/mol. The molecule has 0 aliphatic carbocycles. The lowest BCUT2D eigenvalue weighted by atomic mass is 10.1. The quantitative estimate of drug-likeness (QED) is 0.219. The molecule has 1 saturated heterocycles. The summed E-state index contributed by atoms with van der Waals surface area (Å²) >= 11 is 1.64.